The lowest BCUT2D eigenvalue weighted by Crippen LogP contribution is -2.33. The van der Waals surface area contributed by atoms with Gasteiger partial charge < -0.3 is 25.4 Å². The van der Waals surface area contributed by atoms with E-state index in [2.05, 4.69) is 20.9 Å². The van der Waals surface area contributed by atoms with Gasteiger partial charge in [-0.05, 0) is 85.9 Å². The molecule has 3 N–H and O–H groups in total. The second-order valence-electron chi connectivity index (χ2n) is 12.3. The Morgan fingerprint density at radius 3 is 2.63 bits per heavy atom. The molecule has 2 aliphatic heterocycles. The Labute approximate surface area is 266 Å². The predicted octanol–water partition coefficient (Wildman–Crippen LogP) is 7.09. The SMILES string of the molecule is CC[C@H](C)C1C(=O)Nc2ccc(NCCN3CCCCC3)cc2-c2nc3cc(C(=O)NCc4cccc(C(F)(F)F)c4)ccc3n21. The molecule has 0 saturated carbocycles. The van der Waals surface area contributed by atoms with E-state index < -0.39 is 23.7 Å². The van der Waals surface area contributed by atoms with E-state index in [4.69, 9.17) is 4.98 Å². The van der Waals surface area contributed by atoms with Gasteiger partial charge in [-0.2, -0.15) is 13.2 Å². The van der Waals surface area contributed by atoms with E-state index in [0.717, 1.165) is 61.5 Å². The van der Waals surface area contributed by atoms with Crippen LogP contribution in [0.3, 0.4) is 0 Å². The van der Waals surface area contributed by atoms with Crippen LogP contribution in [0.15, 0.2) is 60.7 Å². The molecule has 3 heterocycles. The minimum Gasteiger partial charge on any atom is -0.384 e. The quantitative estimate of drug-likeness (QED) is 0.183. The number of halogens is 3. The highest BCUT2D eigenvalue weighted by molar-refractivity contribution is 6.03. The van der Waals surface area contributed by atoms with Gasteiger partial charge in [0.1, 0.15) is 11.9 Å². The van der Waals surface area contributed by atoms with E-state index in [0.29, 0.717) is 28.2 Å². The molecule has 46 heavy (non-hydrogen) atoms. The number of imidazole rings is 1. The molecule has 242 valence electrons. The number of rotatable bonds is 9. The molecule has 3 aromatic carbocycles. The number of carbonyl (C=O) groups excluding carboxylic acids is 2. The first-order valence-electron chi connectivity index (χ1n) is 16.0. The third-order valence-corrected chi connectivity index (χ3v) is 9.11. The molecule has 4 aromatic rings. The second kappa shape index (κ2) is 13.2. The third-order valence-electron chi connectivity index (χ3n) is 9.11. The summed E-state index contributed by atoms with van der Waals surface area (Å²) < 4.78 is 41.4. The largest absolute Gasteiger partial charge is 0.416 e. The van der Waals surface area contributed by atoms with Crippen molar-refractivity contribution >= 4 is 34.2 Å². The van der Waals surface area contributed by atoms with Gasteiger partial charge in [0.25, 0.3) is 5.91 Å². The standard InChI is InChI=1S/C35H39F3N6O2/c1-3-22(2)31-34(46)42-28-12-11-26(39-14-17-43-15-5-4-6-16-43)20-27(28)32-41-29-19-24(10-13-30(29)44(31)32)33(45)40-21-23-8-7-9-25(18-23)35(36,37)38/h7-13,18-20,22,31,39H,3-6,14-17,21H2,1-2H3,(H,40,45)(H,42,46)/t22-,31?/m0/s1. The number of amides is 2. The van der Waals surface area contributed by atoms with E-state index in [1.807, 2.05) is 36.6 Å². The van der Waals surface area contributed by atoms with Gasteiger partial charge in [0.2, 0.25) is 5.91 Å². The first kappa shape index (κ1) is 31.6. The fourth-order valence-corrected chi connectivity index (χ4v) is 6.40. The van der Waals surface area contributed by atoms with Crippen LogP contribution in [-0.2, 0) is 17.5 Å². The van der Waals surface area contributed by atoms with Crippen molar-refractivity contribution in [2.24, 2.45) is 5.92 Å². The van der Waals surface area contributed by atoms with Crippen molar-refractivity contribution in [2.45, 2.75) is 58.3 Å². The Hall–Kier alpha value is -4.38. The van der Waals surface area contributed by atoms with Crippen LogP contribution >= 0.6 is 0 Å². The van der Waals surface area contributed by atoms with Gasteiger partial charge in [-0.1, -0.05) is 38.8 Å². The first-order chi connectivity index (χ1) is 22.1. The molecule has 6 rings (SSSR count). The van der Waals surface area contributed by atoms with Crippen LogP contribution in [0.25, 0.3) is 22.4 Å². The number of likely N-dealkylation sites (tertiary alicyclic amines) is 1. The number of nitrogens with zero attached hydrogens (tertiary/aromatic N) is 3. The molecule has 1 saturated heterocycles. The van der Waals surface area contributed by atoms with Crippen LogP contribution in [0.2, 0.25) is 0 Å². The zero-order chi connectivity index (χ0) is 32.4. The summed E-state index contributed by atoms with van der Waals surface area (Å²) >= 11 is 0. The second-order valence-corrected chi connectivity index (χ2v) is 12.3. The monoisotopic (exact) mass is 632 g/mol. The number of alkyl halides is 3. The van der Waals surface area contributed by atoms with Gasteiger partial charge in [-0.3, -0.25) is 9.59 Å². The number of hydrogen-bond acceptors (Lipinski definition) is 5. The van der Waals surface area contributed by atoms with Crippen molar-refractivity contribution in [1.82, 2.24) is 19.8 Å². The molecular weight excluding hydrogens is 593 g/mol. The topological polar surface area (TPSA) is 91.3 Å². The van der Waals surface area contributed by atoms with Gasteiger partial charge in [0, 0.05) is 36.4 Å². The maximum atomic E-state index is 13.7. The lowest BCUT2D eigenvalue weighted by Gasteiger charge is -2.26. The fraction of sp³-hybridized carbons (Fsp3) is 0.400. The molecule has 0 radical (unpaired) electrons. The van der Waals surface area contributed by atoms with Crippen LogP contribution in [0.5, 0.6) is 0 Å². The molecule has 0 aliphatic carbocycles. The molecular formula is C35H39F3N6O2. The number of nitrogens with one attached hydrogen (secondary N) is 3. The van der Waals surface area contributed by atoms with Crippen molar-refractivity contribution in [3.63, 3.8) is 0 Å². The Bertz CT molecular complexity index is 1740. The van der Waals surface area contributed by atoms with Crippen LogP contribution < -0.4 is 16.0 Å². The molecule has 1 unspecified atom stereocenters. The Morgan fingerprint density at radius 1 is 1.07 bits per heavy atom. The fourth-order valence-electron chi connectivity index (χ4n) is 6.40. The van der Waals surface area contributed by atoms with Gasteiger partial charge in [-0.15, -0.1) is 0 Å². The Balaban J connectivity index is 1.29. The van der Waals surface area contributed by atoms with Crippen LogP contribution in [0, 0.1) is 5.92 Å². The smallest absolute Gasteiger partial charge is 0.384 e. The van der Waals surface area contributed by atoms with Crippen LogP contribution in [0.4, 0.5) is 24.5 Å². The maximum Gasteiger partial charge on any atom is 0.416 e. The summed E-state index contributed by atoms with van der Waals surface area (Å²) in [4.78, 5) is 34.3. The molecule has 2 amide bonds. The number of benzene rings is 3. The first-order valence-corrected chi connectivity index (χ1v) is 16.0. The van der Waals surface area contributed by atoms with E-state index in [1.165, 1.54) is 25.3 Å². The van der Waals surface area contributed by atoms with Crippen molar-refractivity contribution in [3.8, 4) is 11.4 Å². The van der Waals surface area contributed by atoms with Crippen molar-refractivity contribution in [3.05, 3.63) is 77.4 Å². The highest BCUT2D eigenvalue weighted by Crippen LogP contribution is 2.40. The number of aromatic nitrogens is 2. The summed E-state index contributed by atoms with van der Waals surface area (Å²) in [6.45, 7) is 8.05. The molecule has 1 fully saturated rings. The van der Waals surface area contributed by atoms with E-state index in [9.17, 15) is 22.8 Å². The highest BCUT2D eigenvalue weighted by Gasteiger charge is 2.34. The number of piperidine rings is 1. The Morgan fingerprint density at radius 2 is 1.87 bits per heavy atom. The number of fused-ring (bicyclic) bond motifs is 5. The van der Waals surface area contributed by atoms with E-state index >= 15 is 0 Å². The molecule has 1 aromatic heterocycles. The zero-order valence-corrected chi connectivity index (χ0v) is 26.1. The van der Waals surface area contributed by atoms with Crippen LogP contribution in [0.1, 0.15) is 67.1 Å². The lowest BCUT2D eigenvalue weighted by atomic mass is 9.97. The third kappa shape index (κ3) is 6.60. The van der Waals surface area contributed by atoms with Gasteiger partial charge in [-0.25, -0.2) is 4.98 Å². The zero-order valence-electron chi connectivity index (χ0n) is 26.1. The summed E-state index contributed by atoms with van der Waals surface area (Å²) in [5.74, 6) is 0.0829. The predicted molar refractivity (Wildman–Crippen MR) is 174 cm³/mol. The van der Waals surface area contributed by atoms with Gasteiger partial charge in [0.15, 0.2) is 0 Å². The maximum absolute atomic E-state index is 13.7. The van der Waals surface area contributed by atoms with Gasteiger partial charge >= 0.3 is 6.18 Å². The number of carbonyl (C=O) groups is 2. The summed E-state index contributed by atoms with van der Waals surface area (Å²) in [5, 5.41) is 9.39. The Kier molecular flexibility index (Phi) is 9.04. The van der Waals surface area contributed by atoms with Gasteiger partial charge in [0.05, 0.1) is 22.3 Å². The molecule has 8 nitrogen and oxygen atoms in total. The van der Waals surface area contributed by atoms with Crippen molar-refractivity contribution in [1.29, 1.82) is 0 Å². The highest BCUT2D eigenvalue weighted by atomic mass is 19.4. The van der Waals surface area contributed by atoms with Crippen molar-refractivity contribution < 1.29 is 22.8 Å². The average molecular weight is 633 g/mol. The normalized spacial score (nSPS) is 17.5. The summed E-state index contributed by atoms with van der Waals surface area (Å²) in [6.07, 6.45) is 0.0886. The average Bonchev–Trinajstić information content (AvgIpc) is 3.37. The summed E-state index contributed by atoms with van der Waals surface area (Å²) in [5.41, 5.74) is 3.58. The number of hydrogen-bond donors (Lipinski definition) is 3. The molecule has 0 bridgehead atoms. The lowest BCUT2D eigenvalue weighted by molar-refractivity contribution is -0.137. The van der Waals surface area contributed by atoms with Crippen molar-refractivity contribution in [2.75, 3.05) is 36.8 Å². The van der Waals surface area contributed by atoms with E-state index in [-0.39, 0.29) is 18.4 Å². The minimum atomic E-state index is -4.46. The molecule has 2 atom stereocenters. The van der Waals surface area contributed by atoms with Crippen LogP contribution in [-0.4, -0.2) is 52.4 Å². The molecule has 2 aliphatic rings. The number of anilines is 2. The summed E-state index contributed by atoms with van der Waals surface area (Å²) in [7, 11) is 0. The molecule has 0 spiro atoms. The summed E-state index contributed by atoms with van der Waals surface area (Å²) in [6, 6.07) is 15.4. The minimum absolute atomic E-state index is 0.00281. The van der Waals surface area contributed by atoms with E-state index in [1.54, 1.807) is 24.3 Å². The molecule has 11 heteroatoms.